The number of amides is 1. The van der Waals surface area contributed by atoms with Crippen LogP contribution < -0.4 is 5.69 Å². The Labute approximate surface area is 144 Å². The van der Waals surface area contributed by atoms with Gasteiger partial charge in [-0.15, -0.1) is 11.3 Å². The summed E-state index contributed by atoms with van der Waals surface area (Å²) in [5.41, 5.74) is -0.132. The van der Waals surface area contributed by atoms with Crippen molar-refractivity contribution in [1.29, 1.82) is 0 Å². The molecule has 6 nitrogen and oxygen atoms in total. The average molecular weight is 346 g/mol. The minimum atomic E-state index is -0.132. The summed E-state index contributed by atoms with van der Waals surface area (Å²) >= 11 is 1.67. The van der Waals surface area contributed by atoms with Crippen molar-refractivity contribution in [3.05, 3.63) is 38.7 Å². The maximum atomic E-state index is 12.8. The summed E-state index contributed by atoms with van der Waals surface area (Å²) in [6.45, 7) is 1.42. The van der Waals surface area contributed by atoms with Crippen LogP contribution in [0.15, 0.2) is 22.3 Å². The maximum Gasteiger partial charge on any atom is 0.346 e. The molecule has 0 unspecified atom stereocenters. The van der Waals surface area contributed by atoms with Crippen LogP contribution in [0.1, 0.15) is 42.8 Å². The number of aryl methyl sites for hydroxylation is 1. The molecule has 24 heavy (non-hydrogen) atoms. The summed E-state index contributed by atoms with van der Waals surface area (Å²) in [6.07, 6.45) is 6.17. The van der Waals surface area contributed by atoms with Crippen LogP contribution in [0.5, 0.6) is 0 Å². The molecule has 0 saturated heterocycles. The minimum Gasteiger partial charge on any atom is -0.333 e. The number of fused-ring (bicyclic) bond motifs is 1. The minimum absolute atomic E-state index is 0.00117. The lowest BCUT2D eigenvalue weighted by Crippen LogP contribution is -2.38. The molecule has 2 aromatic rings. The number of aromatic nitrogens is 3. The van der Waals surface area contributed by atoms with Crippen molar-refractivity contribution >= 4 is 17.2 Å². The van der Waals surface area contributed by atoms with E-state index < -0.39 is 0 Å². The van der Waals surface area contributed by atoms with Crippen molar-refractivity contribution in [2.75, 3.05) is 0 Å². The van der Waals surface area contributed by atoms with Crippen molar-refractivity contribution in [2.24, 2.45) is 0 Å². The van der Waals surface area contributed by atoms with E-state index in [9.17, 15) is 9.59 Å². The van der Waals surface area contributed by atoms with Crippen LogP contribution in [0.3, 0.4) is 0 Å². The zero-order chi connectivity index (χ0) is 16.5. The van der Waals surface area contributed by atoms with Gasteiger partial charge in [0.25, 0.3) is 0 Å². The highest BCUT2D eigenvalue weighted by Crippen LogP contribution is 2.29. The summed E-state index contributed by atoms with van der Waals surface area (Å²) in [5, 5.41) is 6.46. The second-order valence-corrected chi connectivity index (χ2v) is 7.68. The van der Waals surface area contributed by atoms with Crippen molar-refractivity contribution in [3.63, 3.8) is 0 Å². The van der Waals surface area contributed by atoms with Crippen molar-refractivity contribution < 1.29 is 4.79 Å². The predicted octanol–water partition coefficient (Wildman–Crippen LogP) is 2.02. The van der Waals surface area contributed by atoms with Crippen molar-refractivity contribution in [1.82, 2.24) is 19.2 Å². The highest BCUT2D eigenvalue weighted by molar-refractivity contribution is 7.09. The molecule has 1 fully saturated rings. The van der Waals surface area contributed by atoms with Gasteiger partial charge in [0.2, 0.25) is 5.91 Å². The Balaban J connectivity index is 1.51. The van der Waals surface area contributed by atoms with Crippen LogP contribution in [0.25, 0.3) is 0 Å². The number of thiophene rings is 1. The first-order valence-corrected chi connectivity index (χ1v) is 9.59. The van der Waals surface area contributed by atoms with E-state index in [1.807, 2.05) is 16.3 Å². The van der Waals surface area contributed by atoms with Gasteiger partial charge in [-0.1, -0.05) is 12.5 Å². The number of nitrogens with zero attached hydrogens (tertiary/aromatic N) is 4. The molecule has 0 bridgehead atoms. The van der Waals surface area contributed by atoms with Gasteiger partial charge in [0.1, 0.15) is 12.4 Å². The van der Waals surface area contributed by atoms with Crippen LogP contribution in [-0.4, -0.2) is 31.2 Å². The molecule has 128 valence electrons. The van der Waals surface area contributed by atoms with Gasteiger partial charge >= 0.3 is 5.69 Å². The zero-order valence-electron chi connectivity index (χ0n) is 13.7. The first-order valence-electron chi connectivity index (χ1n) is 8.71. The van der Waals surface area contributed by atoms with Gasteiger partial charge in [0.05, 0.1) is 6.54 Å². The highest BCUT2D eigenvalue weighted by atomic mass is 32.1. The smallest absolute Gasteiger partial charge is 0.333 e. The topological polar surface area (TPSA) is 60.1 Å². The molecule has 0 N–H and O–H groups in total. The van der Waals surface area contributed by atoms with Gasteiger partial charge in [0, 0.05) is 23.9 Å². The molecule has 2 aromatic heterocycles. The summed E-state index contributed by atoms with van der Waals surface area (Å²) < 4.78 is 3.12. The van der Waals surface area contributed by atoms with Gasteiger partial charge in [-0.25, -0.2) is 9.48 Å². The summed E-state index contributed by atoms with van der Waals surface area (Å²) in [4.78, 5) is 28.4. The summed E-state index contributed by atoms with van der Waals surface area (Å²) in [7, 11) is 0. The first kappa shape index (κ1) is 15.6. The SMILES string of the molecule is O=C(Cn1nc2n(c1=O)CCCCC2)N(Cc1cccs1)C1CC1. The van der Waals surface area contributed by atoms with Crippen LogP contribution in [0, 0.1) is 0 Å². The standard InChI is InChI=1S/C17H22N4O2S/c22-16(20(13-7-8-13)11-14-5-4-10-24-14)12-21-17(23)19-9-3-1-2-6-15(19)18-21/h4-5,10,13H,1-3,6-9,11-12H2. The monoisotopic (exact) mass is 346 g/mol. The quantitative estimate of drug-likeness (QED) is 0.832. The van der Waals surface area contributed by atoms with Crippen LogP contribution >= 0.6 is 11.3 Å². The van der Waals surface area contributed by atoms with E-state index in [1.54, 1.807) is 15.9 Å². The van der Waals surface area contributed by atoms with E-state index >= 15 is 0 Å². The number of hydrogen-bond donors (Lipinski definition) is 0. The van der Waals surface area contributed by atoms with Crippen LogP contribution in [-0.2, 0) is 30.8 Å². The van der Waals surface area contributed by atoms with Gasteiger partial charge < -0.3 is 4.90 Å². The third-order valence-electron chi connectivity index (χ3n) is 4.78. The maximum absolute atomic E-state index is 12.8. The molecular weight excluding hydrogens is 324 g/mol. The molecule has 4 rings (SSSR count). The molecule has 1 aliphatic heterocycles. The zero-order valence-corrected chi connectivity index (χ0v) is 14.5. The third kappa shape index (κ3) is 3.17. The molecule has 2 aliphatic rings. The third-order valence-corrected chi connectivity index (χ3v) is 5.64. The van der Waals surface area contributed by atoms with Crippen molar-refractivity contribution in [3.8, 4) is 0 Å². The second-order valence-electron chi connectivity index (χ2n) is 6.65. The molecule has 1 saturated carbocycles. The van der Waals surface area contributed by atoms with Gasteiger partial charge in [-0.2, -0.15) is 5.10 Å². The fourth-order valence-corrected chi connectivity index (χ4v) is 4.03. The largest absolute Gasteiger partial charge is 0.346 e. The Hall–Kier alpha value is -1.89. The van der Waals surface area contributed by atoms with Crippen LogP contribution in [0.2, 0.25) is 0 Å². The van der Waals surface area contributed by atoms with Crippen LogP contribution in [0.4, 0.5) is 0 Å². The number of carbonyl (C=O) groups is 1. The first-order chi connectivity index (χ1) is 11.7. The lowest BCUT2D eigenvalue weighted by Gasteiger charge is -2.21. The Kier molecular flexibility index (Phi) is 4.26. The molecule has 3 heterocycles. The molecule has 7 heteroatoms. The number of rotatable bonds is 5. The van der Waals surface area contributed by atoms with Gasteiger partial charge in [0.15, 0.2) is 0 Å². The lowest BCUT2D eigenvalue weighted by atomic mass is 10.2. The summed E-state index contributed by atoms with van der Waals surface area (Å²) in [6, 6.07) is 4.39. The van der Waals surface area contributed by atoms with Crippen molar-refractivity contribution in [2.45, 2.75) is 64.2 Å². The van der Waals surface area contributed by atoms with E-state index in [0.717, 1.165) is 50.9 Å². The Morgan fingerprint density at radius 2 is 2.21 bits per heavy atom. The Bertz CT molecular complexity index is 773. The van der Waals surface area contributed by atoms with E-state index in [4.69, 9.17) is 0 Å². The normalized spacial score (nSPS) is 17.3. The Morgan fingerprint density at radius 1 is 1.33 bits per heavy atom. The molecule has 0 radical (unpaired) electrons. The fourth-order valence-electron chi connectivity index (χ4n) is 3.32. The molecule has 0 spiro atoms. The molecular formula is C17H22N4O2S. The molecule has 0 aromatic carbocycles. The number of hydrogen-bond acceptors (Lipinski definition) is 4. The number of carbonyl (C=O) groups excluding carboxylic acids is 1. The fraction of sp³-hybridized carbons (Fsp3) is 0.588. The lowest BCUT2D eigenvalue weighted by molar-refractivity contribution is -0.133. The van der Waals surface area contributed by atoms with E-state index in [2.05, 4.69) is 11.2 Å². The van der Waals surface area contributed by atoms with E-state index in [0.29, 0.717) is 12.6 Å². The molecule has 1 amide bonds. The summed E-state index contributed by atoms with van der Waals surface area (Å²) in [5.74, 6) is 0.836. The predicted molar refractivity (Wildman–Crippen MR) is 91.9 cm³/mol. The highest BCUT2D eigenvalue weighted by Gasteiger charge is 2.33. The van der Waals surface area contributed by atoms with E-state index in [-0.39, 0.29) is 18.1 Å². The Morgan fingerprint density at radius 3 is 2.96 bits per heavy atom. The second kappa shape index (κ2) is 6.55. The van der Waals surface area contributed by atoms with Gasteiger partial charge in [-0.3, -0.25) is 9.36 Å². The molecule has 1 aliphatic carbocycles. The van der Waals surface area contributed by atoms with E-state index in [1.165, 1.54) is 9.56 Å². The van der Waals surface area contributed by atoms with Gasteiger partial charge in [-0.05, 0) is 37.1 Å². The average Bonchev–Trinajstić information content (AvgIpc) is 3.27. The molecule has 0 atom stereocenters.